The number of hydrogen-bond donors (Lipinski definition) is 1. The molecule has 8 nitrogen and oxygen atoms in total. The van der Waals surface area contributed by atoms with Crippen LogP contribution in [-0.4, -0.2) is 23.8 Å². The largest absolute Gasteiger partial charge is 0.496 e. The lowest BCUT2D eigenvalue weighted by atomic mass is 9.52. The summed E-state index contributed by atoms with van der Waals surface area (Å²) in [7, 11) is 1.48. The van der Waals surface area contributed by atoms with Crippen molar-refractivity contribution in [2.75, 3.05) is 7.11 Å². The first-order valence-corrected chi connectivity index (χ1v) is 9.17. The molecule has 8 heteroatoms. The number of para-hydroxylation sites is 1. The van der Waals surface area contributed by atoms with Crippen molar-refractivity contribution in [3.05, 3.63) is 59.9 Å². The molecule has 2 bridgehead atoms. The Hall–Kier alpha value is -3.93. The molecule has 1 aromatic heterocycles. The van der Waals surface area contributed by atoms with Crippen LogP contribution in [0, 0.1) is 50.2 Å². The molecule has 4 unspecified atom stereocenters. The molecule has 2 fully saturated rings. The highest BCUT2D eigenvalue weighted by Gasteiger charge is 2.80. The Morgan fingerprint density at radius 3 is 2.37 bits per heavy atom. The van der Waals surface area contributed by atoms with Gasteiger partial charge in [-0.25, -0.2) is 0 Å². The average Bonchev–Trinajstić information content (AvgIpc) is 2.96. The second-order valence-electron chi connectivity index (χ2n) is 7.33. The van der Waals surface area contributed by atoms with Gasteiger partial charge in [0.25, 0.3) is 0 Å². The van der Waals surface area contributed by atoms with E-state index >= 15 is 0 Å². The summed E-state index contributed by atoms with van der Waals surface area (Å²) >= 11 is 0. The molecule has 1 N–H and O–H groups in total. The SMILES string of the molecule is COc1ccccc1C1C2(C)OC(=N)C1(C#N)C(C#N)(C#N)C(c1ccccn1)O2. The van der Waals surface area contributed by atoms with E-state index < -0.39 is 34.5 Å². The molecule has 1 aromatic carbocycles. The van der Waals surface area contributed by atoms with Gasteiger partial charge in [0.05, 0.1) is 36.9 Å². The number of aromatic nitrogens is 1. The average molecular weight is 399 g/mol. The third-order valence-corrected chi connectivity index (χ3v) is 5.92. The minimum absolute atomic E-state index is 0.309. The van der Waals surface area contributed by atoms with Gasteiger partial charge in [-0.15, -0.1) is 0 Å². The van der Waals surface area contributed by atoms with Crippen molar-refractivity contribution >= 4 is 5.90 Å². The molecule has 2 aliphatic heterocycles. The molecule has 2 saturated heterocycles. The summed E-state index contributed by atoms with van der Waals surface area (Å²) in [6, 6.07) is 18.1. The van der Waals surface area contributed by atoms with Gasteiger partial charge in [-0.1, -0.05) is 24.3 Å². The van der Waals surface area contributed by atoms with Crippen molar-refractivity contribution in [1.29, 1.82) is 21.2 Å². The summed E-state index contributed by atoms with van der Waals surface area (Å²) < 4.78 is 17.5. The lowest BCUT2D eigenvalue weighted by Gasteiger charge is -2.48. The first kappa shape index (κ1) is 19.4. The summed E-state index contributed by atoms with van der Waals surface area (Å²) in [5.41, 5.74) is -3.21. The van der Waals surface area contributed by atoms with Crippen LogP contribution in [0.5, 0.6) is 5.75 Å². The van der Waals surface area contributed by atoms with Crippen molar-refractivity contribution in [2.45, 2.75) is 24.7 Å². The Bertz CT molecular complexity index is 1130. The van der Waals surface area contributed by atoms with Gasteiger partial charge in [-0.3, -0.25) is 10.4 Å². The van der Waals surface area contributed by atoms with Crippen molar-refractivity contribution in [3.8, 4) is 24.0 Å². The van der Waals surface area contributed by atoms with Crippen molar-refractivity contribution in [3.63, 3.8) is 0 Å². The zero-order valence-corrected chi connectivity index (χ0v) is 16.3. The third kappa shape index (κ3) is 2.16. The monoisotopic (exact) mass is 399 g/mol. The van der Waals surface area contributed by atoms with Gasteiger partial charge in [0.2, 0.25) is 17.1 Å². The number of nitrogens with one attached hydrogen (secondary N) is 1. The van der Waals surface area contributed by atoms with E-state index in [-0.39, 0.29) is 0 Å². The molecule has 0 aliphatic carbocycles. The Labute approximate surface area is 173 Å². The first-order valence-electron chi connectivity index (χ1n) is 9.17. The molecule has 0 saturated carbocycles. The quantitative estimate of drug-likeness (QED) is 0.837. The van der Waals surface area contributed by atoms with Crippen molar-refractivity contribution < 1.29 is 14.2 Å². The van der Waals surface area contributed by atoms with Crippen LogP contribution in [0.25, 0.3) is 0 Å². The zero-order chi connectivity index (χ0) is 21.6. The van der Waals surface area contributed by atoms with Crippen LogP contribution in [0.3, 0.4) is 0 Å². The molecule has 30 heavy (non-hydrogen) atoms. The number of ether oxygens (including phenoxy) is 3. The fraction of sp³-hybridized carbons (Fsp3) is 0.318. The van der Waals surface area contributed by atoms with Crippen LogP contribution in [0.2, 0.25) is 0 Å². The summed E-state index contributed by atoms with van der Waals surface area (Å²) in [6.45, 7) is 1.60. The predicted molar refractivity (Wildman–Crippen MR) is 103 cm³/mol. The normalized spacial score (nSPS) is 31.0. The molecule has 3 heterocycles. The highest BCUT2D eigenvalue weighted by atomic mass is 16.7. The number of methoxy groups -OCH3 is 1. The highest BCUT2D eigenvalue weighted by Crippen LogP contribution is 2.69. The van der Waals surface area contributed by atoms with E-state index in [0.29, 0.717) is 17.0 Å². The molecular formula is C22H17N5O3. The number of fused-ring (bicyclic) bond motifs is 2. The minimum Gasteiger partial charge on any atom is -0.496 e. The Morgan fingerprint density at radius 1 is 1.07 bits per heavy atom. The lowest BCUT2D eigenvalue weighted by Crippen LogP contribution is -2.57. The Balaban J connectivity index is 2.07. The molecule has 148 valence electrons. The summed E-state index contributed by atoms with van der Waals surface area (Å²) in [6.07, 6.45) is 0.312. The maximum atomic E-state index is 10.4. The predicted octanol–water partition coefficient (Wildman–Crippen LogP) is 3.21. The van der Waals surface area contributed by atoms with Crippen molar-refractivity contribution in [1.82, 2.24) is 4.98 Å². The highest BCUT2D eigenvalue weighted by molar-refractivity contribution is 5.90. The maximum absolute atomic E-state index is 10.4. The lowest BCUT2D eigenvalue weighted by molar-refractivity contribution is -0.254. The number of pyridine rings is 1. The Kier molecular flexibility index (Phi) is 4.24. The van der Waals surface area contributed by atoms with Gasteiger partial charge in [0.15, 0.2) is 5.41 Å². The van der Waals surface area contributed by atoms with Gasteiger partial charge in [-0.2, -0.15) is 15.8 Å². The van der Waals surface area contributed by atoms with Crippen LogP contribution >= 0.6 is 0 Å². The van der Waals surface area contributed by atoms with E-state index in [1.807, 2.05) is 12.1 Å². The number of nitrogens with zero attached hydrogens (tertiary/aromatic N) is 4. The molecule has 4 atom stereocenters. The topological polar surface area (TPSA) is 136 Å². The Morgan fingerprint density at radius 2 is 1.77 bits per heavy atom. The van der Waals surface area contributed by atoms with Crippen LogP contribution in [0.4, 0.5) is 0 Å². The van der Waals surface area contributed by atoms with Gasteiger partial charge >= 0.3 is 0 Å². The first-order chi connectivity index (χ1) is 14.4. The van der Waals surface area contributed by atoms with Crippen LogP contribution in [0.15, 0.2) is 48.7 Å². The van der Waals surface area contributed by atoms with Crippen LogP contribution in [0.1, 0.15) is 30.2 Å². The van der Waals surface area contributed by atoms with E-state index in [0.717, 1.165) is 0 Å². The molecule has 0 spiro atoms. The maximum Gasteiger partial charge on any atom is 0.219 e. The van der Waals surface area contributed by atoms with E-state index in [4.69, 9.17) is 19.6 Å². The molecule has 4 rings (SSSR count). The van der Waals surface area contributed by atoms with Gasteiger partial charge in [0.1, 0.15) is 11.9 Å². The summed E-state index contributed by atoms with van der Waals surface area (Å²) in [5.74, 6) is -2.50. The van der Waals surface area contributed by atoms with Crippen LogP contribution < -0.4 is 4.74 Å². The van der Waals surface area contributed by atoms with Crippen LogP contribution in [-0.2, 0) is 9.47 Å². The van der Waals surface area contributed by atoms with E-state index in [1.54, 1.807) is 49.4 Å². The molecule has 2 aliphatic rings. The van der Waals surface area contributed by atoms with Crippen molar-refractivity contribution in [2.24, 2.45) is 10.8 Å². The minimum atomic E-state index is -2.09. The standard InChI is InChI=1S/C22H17N5O3/c1-20-17(14-7-3-4-9-16(14)28-2)22(13-25,19(26)30-20)21(11-23,12-24)18(29-20)15-8-5-6-10-27-15/h3-10,17-18,26H,1-2H3. The van der Waals surface area contributed by atoms with Gasteiger partial charge < -0.3 is 14.2 Å². The molecule has 0 radical (unpaired) electrons. The van der Waals surface area contributed by atoms with E-state index in [1.165, 1.54) is 13.3 Å². The van der Waals surface area contributed by atoms with Gasteiger partial charge in [0, 0.05) is 18.7 Å². The molecular weight excluding hydrogens is 382 g/mol. The molecule has 0 amide bonds. The number of rotatable bonds is 3. The second kappa shape index (κ2) is 6.56. The van der Waals surface area contributed by atoms with Gasteiger partial charge in [-0.05, 0) is 18.2 Å². The fourth-order valence-electron chi connectivity index (χ4n) is 4.65. The smallest absolute Gasteiger partial charge is 0.219 e. The number of hydrogen-bond acceptors (Lipinski definition) is 8. The second-order valence-corrected chi connectivity index (χ2v) is 7.33. The van der Waals surface area contributed by atoms with E-state index in [2.05, 4.69) is 11.1 Å². The molecule has 2 aromatic rings. The van der Waals surface area contributed by atoms with E-state index in [9.17, 15) is 15.8 Å². The fourth-order valence-corrected chi connectivity index (χ4v) is 4.65. The number of benzene rings is 1. The summed E-state index contributed by atoms with van der Waals surface area (Å²) in [4.78, 5) is 4.26. The third-order valence-electron chi connectivity index (χ3n) is 5.92. The zero-order valence-electron chi connectivity index (χ0n) is 16.3. The summed E-state index contributed by atoms with van der Waals surface area (Å²) in [5, 5.41) is 39.5. The number of nitriles is 3.